The van der Waals surface area contributed by atoms with Crippen LogP contribution < -0.4 is 10.6 Å². The normalized spacial score (nSPS) is 20.1. The predicted molar refractivity (Wildman–Crippen MR) is 109 cm³/mol. The van der Waals surface area contributed by atoms with Gasteiger partial charge in [-0.3, -0.25) is 15.0 Å². The van der Waals surface area contributed by atoms with E-state index < -0.39 is 0 Å². The number of nitrogens with one attached hydrogen (secondary N) is 2. The van der Waals surface area contributed by atoms with Crippen molar-refractivity contribution in [1.29, 1.82) is 0 Å². The van der Waals surface area contributed by atoms with Crippen molar-refractivity contribution in [1.82, 2.24) is 15.5 Å². The number of nitro groups is 1. The number of hydrogen-bond acceptors (Lipinski definition) is 5. The Morgan fingerprint density at radius 3 is 2.61 bits per heavy atom. The highest BCUT2D eigenvalue weighted by Crippen LogP contribution is 2.17. The third kappa shape index (κ3) is 6.17. The Morgan fingerprint density at radius 1 is 1.29 bits per heavy atom. The monoisotopic (exact) mass is 389 g/mol. The zero-order valence-electron chi connectivity index (χ0n) is 16.6. The van der Waals surface area contributed by atoms with E-state index in [-0.39, 0.29) is 10.6 Å². The molecule has 0 spiro atoms. The van der Waals surface area contributed by atoms with Crippen molar-refractivity contribution in [3.63, 3.8) is 0 Å². The maximum absolute atomic E-state index is 10.8. The molecule has 0 aromatic heterocycles. The minimum absolute atomic E-state index is 0.106. The molecule has 8 nitrogen and oxygen atoms in total. The molecule has 1 saturated heterocycles. The fraction of sp³-hybridized carbons (Fsp3) is 0.650. The van der Waals surface area contributed by atoms with Crippen LogP contribution >= 0.6 is 0 Å². The van der Waals surface area contributed by atoms with Crippen molar-refractivity contribution < 1.29 is 9.66 Å². The molecular weight excluding hydrogens is 358 g/mol. The number of nitrogens with zero attached hydrogens (tertiary/aromatic N) is 3. The van der Waals surface area contributed by atoms with Gasteiger partial charge in [0.25, 0.3) is 5.69 Å². The van der Waals surface area contributed by atoms with E-state index >= 15 is 0 Å². The summed E-state index contributed by atoms with van der Waals surface area (Å²) >= 11 is 0. The van der Waals surface area contributed by atoms with Gasteiger partial charge in [-0.05, 0) is 25.3 Å². The molecule has 154 valence electrons. The second-order valence-corrected chi connectivity index (χ2v) is 7.59. The highest BCUT2D eigenvalue weighted by Gasteiger charge is 2.19. The number of aliphatic imine (C=N–C) groups is 1. The first-order chi connectivity index (χ1) is 13.6. The summed E-state index contributed by atoms with van der Waals surface area (Å²) in [5, 5.41) is 17.9. The molecule has 1 heterocycles. The zero-order chi connectivity index (χ0) is 19.8. The molecule has 0 radical (unpaired) electrons. The third-order valence-corrected chi connectivity index (χ3v) is 5.50. The lowest BCUT2D eigenvalue weighted by Crippen LogP contribution is -2.50. The molecule has 28 heavy (non-hydrogen) atoms. The van der Waals surface area contributed by atoms with Crippen molar-refractivity contribution in [2.75, 3.05) is 32.8 Å². The summed E-state index contributed by atoms with van der Waals surface area (Å²) in [6.07, 6.45) is 4.88. The molecule has 2 aliphatic rings. The summed E-state index contributed by atoms with van der Waals surface area (Å²) in [7, 11) is 0. The number of hydrogen-bond donors (Lipinski definition) is 2. The number of guanidine groups is 1. The Kier molecular flexibility index (Phi) is 7.62. The molecule has 2 fully saturated rings. The van der Waals surface area contributed by atoms with Gasteiger partial charge in [-0.1, -0.05) is 25.0 Å². The van der Waals surface area contributed by atoms with Crippen molar-refractivity contribution in [2.45, 2.75) is 51.2 Å². The lowest BCUT2D eigenvalue weighted by atomic mass is 10.2. The van der Waals surface area contributed by atoms with Crippen LogP contribution in [0.4, 0.5) is 5.69 Å². The first kappa shape index (κ1) is 20.5. The number of benzene rings is 1. The number of non-ortho nitro benzene ring substituents is 1. The molecule has 1 aromatic rings. The summed E-state index contributed by atoms with van der Waals surface area (Å²) in [4.78, 5) is 17.6. The van der Waals surface area contributed by atoms with Gasteiger partial charge in [0.1, 0.15) is 0 Å². The van der Waals surface area contributed by atoms with Crippen LogP contribution in [0.2, 0.25) is 0 Å². The second-order valence-electron chi connectivity index (χ2n) is 7.59. The van der Waals surface area contributed by atoms with Gasteiger partial charge >= 0.3 is 0 Å². The summed E-state index contributed by atoms with van der Waals surface area (Å²) in [5.74, 6) is 0.824. The molecular formula is C20H31N5O3. The van der Waals surface area contributed by atoms with Crippen LogP contribution in [0, 0.1) is 10.1 Å². The van der Waals surface area contributed by atoms with Crippen LogP contribution in [0.15, 0.2) is 29.3 Å². The summed E-state index contributed by atoms with van der Waals surface area (Å²) in [6.45, 7) is 7.06. The Labute approximate surface area is 166 Å². The summed E-state index contributed by atoms with van der Waals surface area (Å²) in [5.41, 5.74) is 1.06. The third-order valence-electron chi connectivity index (χ3n) is 5.50. The number of rotatable bonds is 7. The average Bonchev–Trinajstić information content (AvgIpc) is 3.24. The predicted octanol–water partition coefficient (Wildman–Crippen LogP) is 2.29. The number of nitro benzene ring substituents is 1. The van der Waals surface area contributed by atoms with Gasteiger partial charge in [0, 0.05) is 43.9 Å². The van der Waals surface area contributed by atoms with Gasteiger partial charge in [0.05, 0.1) is 24.7 Å². The average molecular weight is 390 g/mol. The quantitative estimate of drug-likeness (QED) is 0.322. The standard InChI is InChI=1S/C20H31N5O3/c1-16(24-10-12-28-13-11-24)14-21-20(23-18-4-2-3-5-18)22-15-17-6-8-19(9-7-17)25(26)27/h6-9,16,18H,2-5,10-15H2,1H3,(H2,21,22,23). The molecule has 0 bridgehead atoms. The van der Waals surface area contributed by atoms with Gasteiger partial charge in [-0.15, -0.1) is 0 Å². The molecule has 1 saturated carbocycles. The molecule has 3 rings (SSSR count). The van der Waals surface area contributed by atoms with Crippen LogP contribution in [0.3, 0.4) is 0 Å². The van der Waals surface area contributed by atoms with Gasteiger partial charge in [0.15, 0.2) is 5.96 Å². The molecule has 0 amide bonds. The lowest BCUT2D eigenvalue weighted by molar-refractivity contribution is -0.384. The number of morpholine rings is 1. The SMILES string of the molecule is CC(CNC(=NCc1ccc([N+](=O)[O-])cc1)NC1CCCC1)N1CCOCC1. The van der Waals surface area contributed by atoms with Gasteiger partial charge in [-0.25, -0.2) is 4.99 Å². The highest BCUT2D eigenvalue weighted by molar-refractivity contribution is 5.80. The molecule has 1 unspecified atom stereocenters. The van der Waals surface area contributed by atoms with Crippen LogP contribution in [0.25, 0.3) is 0 Å². The van der Waals surface area contributed by atoms with Crippen LogP contribution in [0.5, 0.6) is 0 Å². The largest absolute Gasteiger partial charge is 0.379 e. The Morgan fingerprint density at radius 2 is 1.96 bits per heavy atom. The maximum Gasteiger partial charge on any atom is 0.269 e. The molecule has 8 heteroatoms. The van der Waals surface area contributed by atoms with E-state index in [9.17, 15) is 10.1 Å². The van der Waals surface area contributed by atoms with Crippen molar-refractivity contribution in [3.05, 3.63) is 39.9 Å². The summed E-state index contributed by atoms with van der Waals surface area (Å²) in [6, 6.07) is 7.47. The van der Waals surface area contributed by atoms with Crippen LogP contribution in [-0.4, -0.2) is 60.7 Å². The fourth-order valence-electron chi connectivity index (χ4n) is 3.70. The Bertz CT molecular complexity index is 652. The molecule has 2 N–H and O–H groups in total. The number of ether oxygens (including phenoxy) is 1. The van der Waals surface area contributed by atoms with Crippen LogP contribution in [-0.2, 0) is 11.3 Å². The fourth-order valence-corrected chi connectivity index (χ4v) is 3.70. The van der Waals surface area contributed by atoms with E-state index in [1.807, 2.05) is 0 Å². The van der Waals surface area contributed by atoms with Gasteiger partial charge in [0.2, 0.25) is 0 Å². The second kappa shape index (κ2) is 10.4. The van der Waals surface area contributed by atoms with Gasteiger partial charge in [-0.2, -0.15) is 0 Å². The van der Waals surface area contributed by atoms with Gasteiger partial charge < -0.3 is 15.4 Å². The maximum atomic E-state index is 10.8. The molecule has 1 atom stereocenters. The zero-order valence-corrected chi connectivity index (χ0v) is 16.6. The highest BCUT2D eigenvalue weighted by atomic mass is 16.6. The topological polar surface area (TPSA) is 92.0 Å². The van der Waals surface area contributed by atoms with E-state index in [1.165, 1.54) is 37.8 Å². The first-order valence-electron chi connectivity index (χ1n) is 10.2. The van der Waals surface area contributed by atoms with E-state index in [0.29, 0.717) is 18.6 Å². The van der Waals surface area contributed by atoms with E-state index in [1.54, 1.807) is 12.1 Å². The van der Waals surface area contributed by atoms with Crippen LogP contribution in [0.1, 0.15) is 38.2 Å². The lowest BCUT2D eigenvalue weighted by Gasteiger charge is -2.32. The minimum atomic E-state index is -0.380. The molecule has 1 aliphatic carbocycles. The molecule has 1 aromatic carbocycles. The van der Waals surface area contributed by atoms with E-state index in [2.05, 4.69) is 22.5 Å². The Hall–Kier alpha value is -2.19. The van der Waals surface area contributed by atoms with E-state index in [0.717, 1.165) is 44.4 Å². The van der Waals surface area contributed by atoms with Crippen molar-refractivity contribution in [2.24, 2.45) is 4.99 Å². The van der Waals surface area contributed by atoms with E-state index in [4.69, 9.17) is 9.73 Å². The molecule has 1 aliphatic heterocycles. The minimum Gasteiger partial charge on any atom is -0.379 e. The van der Waals surface area contributed by atoms with Crippen molar-refractivity contribution in [3.8, 4) is 0 Å². The first-order valence-corrected chi connectivity index (χ1v) is 10.2. The summed E-state index contributed by atoms with van der Waals surface area (Å²) < 4.78 is 5.43. The Balaban J connectivity index is 1.58. The van der Waals surface area contributed by atoms with Crippen molar-refractivity contribution >= 4 is 11.6 Å². The smallest absolute Gasteiger partial charge is 0.269 e.